The lowest BCUT2D eigenvalue weighted by molar-refractivity contribution is 0.181. The number of nitrogens with zero attached hydrogens (tertiary/aromatic N) is 1. The minimum Gasteiger partial charge on any atom is -0.312 e. The SMILES string of the molecule is CC(C)CNC1CCCN(Cc2ccccc2Cl)C1. The largest absolute Gasteiger partial charge is 0.312 e. The number of hydrogen-bond acceptors (Lipinski definition) is 2. The van der Waals surface area contributed by atoms with Gasteiger partial charge in [0.15, 0.2) is 0 Å². The van der Waals surface area contributed by atoms with Gasteiger partial charge in [0, 0.05) is 24.2 Å². The van der Waals surface area contributed by atoms with Gasteiger partial charge in [0.2, 0.25) is 0 Å². The molecule has 0 radical (unpaired) electrons. The van der Waals surface area contributed by atoms with Gasteiger partial charge in [0.25, 0.3) is 0 Å². The molecular formula is C16H25ClN2. The van der Waals surface area contributed by atoms with Crippen LogP contribution in [0.4, 0.5) is 0 Å². The fraction of sp³-hybridized carbons (Fsp3) is 0.625. The summed E-state index contributed by atoms with van der Waals surface area (Å²) in [5.74, 6) is 0.721. The third-order valence-electron chi connectivity index (χ3n) is 3.67. The molecule has 19 heavy (non-hydrogen) atoms. The minimum absolute atomic E-state index is 0.638. The van der Waals surface area contributed by atoms with Crippen molar-refractivity contribution in [1.29, 1.82) is 0 Å². The lowest BCUT2D eigenvalue weighted by Crippen LogP contribution is -2.46. The van der Waals surface area contributed by atoms with Gasteiger partial charge in [-0.15, -0.1) is 0 Å². The summed E-state index contributed by atoms with van der Waals surface area (Å²) in [5.41, 5.74) is 1.24. The van der Waals surface area contributed by atoms with E-state index in [4.69, 9.17) is 11.6 Å². The first-order valence-corrected chi connectivity index (χ1v) is 7.72. The fourth-order valence-corrected chi connectivity index (χ4v) is 2.83. The van der Waals surface area contributed by atoms with Crippen LogP contribution in [0.2, 0.25) is 5.02 Å². The Hall–Kier alpha value is -0.570. The maximum absolute atomic E-state index is 6.24. The van der Waals surface area contributed by atoms with Gasteiger partial charge in [-0.1, -0.05) is 43.6 Å². The second-order valence-electron chi connectivity index (χ2n) is 5.97. The predicted molar refractivity (Wildman–Crippen MR) is 82.6 cm³/mol. The monoisotopic (exact) mass is 280 g/mol. The Morgan fingerprint density at radius 2 is 2.16 bits per heavy atom. The van der Waals surface area contributed by atoms with Gasteiger partial charge in [-0.3, -0.25) is 4.90 Å². The summed E-state index contributed by atoms with van der Waals surface area (Å²) < 4.78 is 0. The summed E-state index contributed by atoms with van der Waals surface area (Å²) in [7, 11) is 0. The minimum atomic E-state index is 0.638. The van der Waals surface area contributed by atoms with E-state index in [9.17, 15) is 0 Å². The molecule has 0 aromatic heterocycles. The zero-order chi connectivity index (χ0) is 13.7. The topological polar surface area (TPSA) is 15.3 Å². The molecule has 1 heterocycles. The Kier molecular flexibility index (Phi) is 5.68. The van der Waals surface area contributed by atoms with Crippen molar-refractivity contribution in [3.63, 3.8) is 0 Å². The Balaban J connectivity index is 1.86. The molecule has 1 unspecified atom stereocenters. The molecule has 1 aliphatic rings. The van der Waals surface area contributed by atoms with Crippen molar-refractivity contribution in [3.05, 3.63) is 34.9 Å². The van der Waals surface area contributed by atoms with Crippen LogP contribution >= 0.6 is 11.6 Å². The molecule has 106 valence electrons. The molecule has 0 aliphatic carbocycles. The van der Waals surface area contributed by atoms with Crippen molar-refractivity contribution < 1.29 is 0 Å². The highest BCUT2D eigenvalue weighted by Crippen LogP contribution is 2.19. The van der Waals surface area contributed by atoms with Crippen molar-refractivity contribution in [2.45, 2.75) is 39.3 Å². The Morgan fingerprint density at radius 1 is 1.37 bits per heavy atom. The molecule has 1 atom stereocenters. The van der Waals surface area contributed by atoms with Crippen molar-refractivity contribution >= 4 is 11.6 Å². The van der Waals surface area contributed by atoms with Crippen LogP contribution in [0.25, 0.3) is 0 Å². The van der Waals surface area contributed by atoms with Crippen LogP contribution in [0.3, 0.4) is 0 Å². The summed E-state index contributed by atoms with van der Waals surface area (Å²) >= 11 is 6.24. The summed E-state index contributed by atoms with van der Waals surface area (Å²) in [5, 5.41) is 4.57. The maximum Gasteiger partial charge on any atom is 0.0451 e. The zero-order valence-corrected chi connectivity index (χ0v) is 12.8. The molecule has 1 N–H and O–H groups in total. The smallest absolute Gasteiger partial charge is 0.0451 e. The first-order valence-electron chi connectivity index (χ1n) is 7.34. The highest BCUT2D eigenvalue weighted by Gasteiger charge is 2.20. The Labute approximate surface area is 122 Å². The molecule has 3 heteroatoms. The summed E-state index contributed by atoms with van der Waals surface area (Å²) in [6.07, 6.45) is 2.58. The third-order valence-corrected chi connectivity index (χ3v) is 4.04. The quantitative estimate of drug-likeness (QED) is 0.887. The number of likely N-dealkylation sites (tertiary alicyclic amines) is 1. The second-order valence-corrected chi connectivity index (χ2v) is 6.37. The Bertz CT molecular complexity index is 392. The van der Waals surface area contributed by atoms with E-state index in [1.807, 2.05) is 12.1 Å². The van der Waals surface area contributed by atoms with E-state index in [-0.39, 0.29) is 0 Å². The van der Waals surface area contributed by atoms with Gasteiger partial charge in [-0.2, -0.15) is 0 Å². The molecular weight excluding hydrogens is 256 g/mol. The standard InChI is InChI=1S/C16H25ClN2/c1-13(2)10-18-15-7-5-9-19(12-15)11-14-6-3-4-8-16(14)17/h3-4,6,8,13,15,18H,5,7,9-12H2,1-2H3. The van der Waals surface area contributed by atoms with E-state index in [2.05, 4.69) is 36.2 Å². The molecule has 0 amide bonds. The Morgan fingerprint density at radius 3 is 2.89 bits per heavy atom. The lowest BCUT2D eigenvalue weighted by Gasteiger charge is -2.33. The van der Waals surface area contributed by atoms with Gasteiger partial charge in [0.1, 0.15) is 0 Å². The average molecular weight is 281 g/mol. The van der Waals surface area contributed by atoms with E-state index < -0.39 is 0 Å². The van der Waals surface area contributed by atoms with Crippen molar-refractivity contribution in [2.75, 3.05) is 19.6 Å². The van der Waals surface area contributed by atoms with E-state index in [1.165, 1.54) is 24.9 Å². The molecule has 0 bridgehead atoms. The highest BCUT2D eigenvalue weighted by atomic mass is 35.5. The molecule has 2 nitrogen and oxygen atoms in total. The number of rotatable bonds is 5. The molecule has 1 aromatic carbocycles. The van der Waals surface area contributed by atoms with Crippen LogP contribution in [0.1, 0.15) is 32.3 Å². The summed E-state index contributed by atoms with van der Waals surface area (Å²) in [4.78, 5) is 2.52. The lowest BCUT2D eigenvalue weighted by atomic mass is 10.0. The fourth-order valence-electron chi connectivity index (χ4n) is 2.64. The average Bonchev–Trinajstić information content (AvgIpc) is 2.40. The third kappa shape index (κ3) is 4.79. The maximum atomic E-state index is 6.24. The number of benzene rings is 1. The molecule has 0 saturated carbocycles. The second kappa shape index (κ2) is 7.28. The van der Waals surface area contributed by atoms with Crippen LogP contribution in [0.15, 0.2) is 24.3 Å². The van der Waals surface area contributed by atoms with E-state index in [1.54, 1.807) is 0 Å². The first-order chi connectivity index (χ1) is 9.15. The van der Waals surface area contributed by atoms with Crippen LogP contribution in [0.5, 0.6) is 0 Å². The van der Waals surface area contributed by atoms with Crippen LogP contribution in [-0.4, -0.2) is 30.6 Å². The molecule has 0 spiro atoms. The molecule has 1 aromatic rings. The van der Waals surface area contributed by atoms with Crippen molar-refractivity contribution in [2.24, 2.45) is 5.92 Å². The highest BCUT2D eigenvalue weighted by molar-refractivity contribution is 6.31. The van der Waals surface area contributed by atoms with E-state index in [0.717, 1.165) is 30.6 Å². The van der Waals surface area contributed by atoms with Crippen LogP contribution in [-0.2, 0) is 6.54 Å². The number of nitrogens with one attached hydrogen (secondary N) is 1. The van der Waals surface area contributed by atoms with Crippen LogP contribution in [0, 0.1) is 5.92 Å². The number of piperidine rings is 1. The van der Waals surface area contributed by atoms with Gasteiger partial charge < -0.3 is 5.32 Å². The van der Waals surface area contributed by atoms with Crippen molar-refractivity contribution in [1.82, 2.24) is 10.2 Å². The van der Waals surface area contributed by atoms with Gasteiger partial charge >= 0.3 is 0 Å². The van der Waals surface area contributed by atoms with Gasteiger partial charge in [0.05, 0.1) is 0 Å². The van der Waals surface area contributed by atoms with E-state index in [0.29, 0.717) is 6.04 Å². The van der Waals surface area contributed by atoms with Crippen molar-refractivity contribution in [3.8, 4) is 0 Å². The summed E-state index contributed by atoms with van der Waals surface area (Å²) in [6, 6.07) is 8.82. The zero-order valence-electron chi connectivity index (χ0n) is 12.0. The number of hydrogen-bond donors (Lipinski definition) is 1. The summed E-state index contributed by atoms with van der Waals surface area (Å²) in [6.45, 7) is 8.93. The van der Waals surface area contributed by atoms with E-state index >= 15 is 0 Å². The molecule has 1 aliphatic heterocycles. The predicted octanol–water partition coefficient (Wildman–Crippen LogP) is 3.55. The molecule has 1 saturated heterocycles. The molecule has 1 fully saturated rings. The first kappa shape index (κ1) is 14.8. The number of halogens is 1. The van der Waals surface area contributed by atoms with Gasteiger partial charge in [-0.25, -0.2) is 0 Å². The van der Waals surface area contributed by atoms with Crippen LogP contribution < -0.4 is 5.32 Å². The van der Waals surface area contributed by atoms with Gasteiger partial charge in [-0.05, 0) is 43.5 Å². The molecule has 2 rings (SSSR count). The normalized spacial score (nSPS) is 20.9.